The first-order chi connectivity index (χ1) is 8.93. The number of anilines is 1. The van der Waals surface area contributed by atoms with Gasteiger partial charge in [0, 0.05) is 33.4 Å². The van der Waals surface area contributed by atoms with Crippen molar-refractivity contribution in [2.24, 2.45) is 7.05 Å². The zero-order chi connectivity index (χ0) is 14.4. The molecule has 1 aromatic rings. The van der Waals surface area contributed by atoms with Crippen LogP contribution < -0.4 is 10.6 Å². The van der Waals surface area contributed by atoms with Crippen LogP contribution in [-0.2, 0) is 16.6 Å². The summed E-state index contributed by atoms with van der Waals surface area (Å²) >= 11 is 0. The van der Waals surface area contributed by atoms with E-state index in [9.17, 15) is 9.59 Å². The van der Waals surface area contributed by atoms with Crippen LogP contribution in [0.2, 0.25) is 0 Å². The minimum Gasteiger partial charge on any atom is -0.480 e. The molecule has 8 heteroatoms. The van der Waals surface area contributed by atoms with E-state index in [0.717, 1.165) is 0 Å². The summed E-state index contributed by atoms with van der Waals surface area (Å²) in [7, 11) is 3.20. The number of carboxylic acid groups (broad SMARTS) is 1. The summed E-state index contributed by atoms with van der Waals surface area (Å²) in [4.78, 5) is 22.6. The smallest absolute Gasteiger partial charge is 0.326 e. The average molecular weight is 270 g/mol. The van der Waals surface area contributed by atoms with Crippen LogP contribution in [0.1, 0.15) is 12.1 Å². The van der Waals surface area contributed by atoms with Crippen molar-refractivity contribution in [1.29, 1.82) is 0 Å². The summed E-state index contributed by atoms with van der Waals surface area (Å²) in [6.07, 6.45) is 1.84. The lowest BCUT2D eigenvalue weighted by molar-refractivity contribution is -0.139. The number of rotatable bonds is 6. The third-order valence-electron chi connectivity index (χ3n) is 2.48. The highest BCUT2D eigenvalue weighted by molar-refractivity contribution is 5.92. The number of carbonyl (C=O) groups excluding carboxylic acids is 1. The van der Waals surface area contributed by atoms with E-state index in [-0.39, 0.29) is 13.0 Å². The first-order valence-electron chi connectivity index (χ1n) is 5.73. The molecule has 1 unspecified atom stereocenters. The third kappa shape index (κ3) is 4.59. The maximum Gasteiger partial charge on any atom is 0.326 e. The predicted octanol–water partition coefficient (Wildman–Crippen LogP) is 0.340. The molecular formula is C11H18N4O4. The lowest BCUT2D eigenvalue weighted by Crippen LogP contribution is -2.43. The molecule has 0 bridgehead atoms. The van der Waals surface area contributed by atoms with Crippen molar-refractivity contribution in [1.82, 2.24) is 15.1 Å². The fraction of sp³-hybridized carbons (Fsp3) is 0.545. The standard InChI is InChI=1S/C11H18N4O4/c1-7-9(6-15(2)14-7)13-11(18)12-8(10(16)17)4-5-19-3/h6,8H,4-5H2,1-3H3,(H,16,17)(H2,12,13,18). The second-order valence-electron chi connectivity index (χ2n) is 4.07. The lowest BCUT2D eigenvalue weighted by Gasteiger charge is -2.14. The number of carbonyl (C=O) groups is 2. The van der Waals surface area contributed by atoms with Gasteiger partial charge in [0.25, 0.3) is 0 Å². The number of aromatic nitrogens is 2. The molecule has 0 fully saturated rings. The topological polar surface area (TPSA) is 105 Å². The Morgan fingerprint density at radius 3 is 2.74 bits per heavy atom. The van der Waals surface area contributed by atoms with Crippen molar-refractivity contribution < 1.29 is 19.4 Å². The van der Waals surface area contributed by atoms with Crippen molar-refractivity contribution in [3.63, 3.8) is 0 Å². The molecule has 2 amide bonds. The molecule has 1 atom stereocenters. The molecule has 8 nitrogen and oxygen atoms in total. The van der Waals surface area contributed by atoms with Crippen LogP contribution in [0.15, 0.2) is 6.20 Å². The van der Waals surface area contributed by atoms with E-state index in [1.165, 1.54) is 7.11 Å². The van der Waals surface area contributed by atoms with Crippen LogP contribution in [0.25, 0.3) is 0 Å². The number of nitrogens with one attached hydrogen (secondary N) is 2. The first kappa shape index (κ1) is 15.0. The molecule has 1 rings (SSSR count). The Labute approximate surface area is 110 Å². The van der Waals surface area contributed by atoms with Crippen molar-refractivity contribution in [2.45, 2.75) is 19.4 Å². The van der Waals surface area contributed by atoms with E-state index in [1.807, 2.05) is 0 Å². The largest absolute Gasteiger partial charge is 0.480 e. The number of ether oxygens (including phenoxy) is 1. The summed E-state index contributed by atoms with van der Waals surface area (Å²) in [5.41, 5.74) is 1.19. The molecule has 19 heavy (non-hydrogen) atoms. The van der Waals surface area contributed by atoms with Crippen LogP contribution in [0.3, 0.4) is 0 Å². The Balaban J connectivity index is 2.57. The highest BCUT2D eigenvalue weighted by Crippen LogP contribution is 2.10. The molecule has 3 N–H and O–H groups in total. The Morgan fingerprint density at radius 1 is 1.58 bits per heavy atom. The van der Waals surface area contributed by atoms with Crippen LogP contribution >= 0.6 is 0 Å². The third-order valence-corrected chi connectivity index (χ3v) is 2.48. The first-order valence-corrected chi connectivity index (χ1v) is 5.73. The summed E-state index contributed by atoms with van der Waals surface area (Å²) in [5, 5.41) is 17.9. The number of aryl methyl sites for hydroxylation is 2. The number of hydrogen-bond acceptors (Lipinski definition) is 4. The van der Waals surface area contributed by atoms with Crippen molar-refractivity contribution in [3.8, 4) is 0 Å². The molecule has 1 aromatic heterocycles. The normalized spacial score (nSPS) is 11.9. The van der Waals surface area contributed by atoms with Crippen LogP contribution in [0, 0.1) is 6.92 Å². The number of amides is 2. The Morgan fingerprint density at radius 2 is 2.26 bits per heavy atom. The number of aliphatic carboxylic acids is 1. The number of urea groups is 1. The van der Waals surface area contributed by atoms with Crippen molar-refractivity contribution in [3.05, 3.63) is 11.9 Å². The second kappa shape index (κ2) is 6.74. The van der Waals surface area contributed by atoms with E-state index in [4.69, 9.17) is 9.84 Å². The van der Waals surface area contributed by atoms with Gasteiger partial charge in [0.15, 0.2) is 0 Å². The van der Waals surface area contributed by atoms with Gasteiger partial charge in [-0.15, -0.1) is 0 Å². The van der Waals surface area contributed by atoms with E-state index >= 15 is 0 Å². The number of methoxy groups -OCH3 is 1. The molecule has 1 heterocycles. The van der Waals surface area contributed by atoms with Crippen molar-refractivity contribution in [2.75, 3.05) is 19.0 Å². The summed E-state index contributed by atoms with van der Waals surface area (Å²) < 4.78 is 6.36. The minimum atomic E-state index is -1.10. The van der Waals surface area contributed by atoms with Crippen LogP contribution in [-0.4, -0.2) is 46.6 Å². The fourth-order valence-corrected chi connectivity index (χ4v) is 1.53. The van der Waals surface area contributed by atoms with E-state index in [0.29, 0.717) is 11.4 Å². The molecule has 0 saturated carbocycles. The molecule has 0 aliphatic rings. The fourth-order valence-electron chi connectivity index (χ4n) is 1.53. The molecule has 0 radical (unpaired) electrons. The van der Waals surface area contributed by atoms with Gasteiger partial charge in [-0.25, -0.2) is 9.59 Å². The number of hydrogen-bond donors (Lipinski definition) is 3. The second-order valence-corrected chi connectivity index (χ2v) is 4.07. The molecule has 0 aliphatic heterocycles. The molecular weight excluding hydrogens is 252 g/mol. The Hall–Kier alpha value is -2.09. The maximum atomic E-state index is 11.7. The number of nitrogens with zero attached hydrogens (tertiary/aromatic N) is 2. The molecule has 0 saturated heterocycles. The molecule has 0 aromatic carbocycles. The summed E-state index contributed by atoms with van der Waals surface area (Å²) in [6, 6.07) is -1.57. The Kier molecular flexibility index (Phi) is 5.31. The van der Waals surface area contributed by atoms with Gasteiger partial charge in [-0.05, 0) is 6.92 Å². The average Bonchev–Trinajstić information content (AvgIpc) is 2.62. The quantitative estimate of drug-likeness (QED) is 0.691. The minimum absolute atomic E-state index is 0.200. The molecule has 0 spiro atoms. The van der Waals surface area contributed by atoms with Gasteiger partial charge in [0.05, 0.1) is 11.4 Å². The van der Waals surface area contributed by atoms with Gasteiger partial charge in [0.1, 0.15) is 6.04 Å². The monoisotopic (exact) mass is 270 g/mol. The summed E-state index contributed by atoms with van der Waals surface area (Å²) in [6.45, 7) is 2.00. The highest BCUT2D eigenvalue weighted by atomic mass is 16.5. The van der Waals surface area contributed by atoms with Gasteiger partial charge < -0.3 is 20.5 Å². The van der Waals surface area contributed by atoms with Gasteiger partial charge in [0.2, 0.25) is 0 Å². The van der Waals surface area contributed by atoms with E-state index in [1.54, 1.807) is 24.9 Å². The van der Waals surface area contributed by atoms with Crippen LogP contribution in [0.4, 0.5) is 10.5 Å². The lowest BCUT2D eigenvalue weighted by atomic mass is 10.2. The summed E-state index contributed by atoms with van der Waals surface area (Å²) in [5.74, 6) is -1.10. The number of carboxylic acids is 1. The molecule has 106 valence electrons. The SMILES string of the molecule is COCCC(NC(=O)Nc1cn(C)nc1C)C(=O)O. The predicted molar refractivity (Wildman–Crippen MR) is 68.0 cm³/mol. The van der Waals surface area contributed by atoms with E-state index < -0.39 is 18.0 Å². The zero-order valence-corrected chi connectivity index (χ0v) is 11.1. The van der Waals surface area contributed by atoms with Gasteiger partial charge >= 0.3 is 12.0 Å². The van der Waals surface area contributed by atoms with E-state index in [2.05, 4.69) is 15.7 Å². The highest BCUT2D eigenvalue weighted by Gasteiger charge is 2.20. The Bertz CT molecular complexity index is 458. The van der Waals surface area contributed by atoms with Gasteiger partial charge in [-0.1, -0.05) is 0 Å². The van der Waals surface area contributed by atoms with Gasteiger partial charge in [-0.2, -0.15) is 5.10 Å². The van der Waals surface area contributed by atoms with Crippen molar-refractivity contribution >= 4 is 17.7 Å². The molecule has 0 aliphatic carbocycles. The van der Waals surface area contributed by atoms with Crippen LogP contribution in [0.5, 0.6) is 0 Å². The zero-order valence-electron chi connectivity index (χ0n) is 11.1. The van der Waals surface area contributed by atoms with Gasteiger partial charge in [-0.3, -0.25) is 4.68 Å². The maximum absolute atomic E-state index is 11.7.